The van der Waals surface area contributed by atoms with E-state index in [1.54, 1.807) is 37.1 Å². The number of benzene rings is 2. The predicted molar refractivity (Wildman–Crippen MR) is 161 cm³/mol. The van der Waals surface area contributed by atoms with Gasteiger partial charge in [-0.05, 0) is 84.9 Å². The van der Waals surface area contributed by atoms with Crippen molar-refractivity contribution in [1.82, 2.24) is 19.6 Å². The highest BCUT2D eigenvalue weighted by atomic mass is 19.3. The van der Waals surface area contributed by atoms with Gasteiger partial charge >= 0.3 is 0 Å². The van der Waals surface area contributed by atoms with Crippen molar-refractivity contribution < 1.29 is 23.2 Å². The van der Waals surface area contributed by atoms with Gasteiger partial charge in [-0.2, -0.15) is 5.10 Å². The molecule has 0 saturated heterocycles. The molecule has 2 aromatic carbocycles. The Hall–Kier alpha value is -4.34. The quantitative estimate of drug-likeness (QED) is 0.340. The Kier molecular flexibility index (Phi) is 7.10. The molecule has 0 atom stereocenters. The molecular weight excluding hydrogens is 564 g/mol. The summed E-state index contributed by atoms with van der Waals surface area (Å²) in [5, 5.41) is 4.21. The van der Waals surface area contributed by atoms with Crippen LogP contribution in [-0.4, -0.2) is 49.9 Å². The lowest BCUT2D eigenvalue weighted by Crippen LogP contribution is -2.41. The summed E-state index contributed by atoms with van der Waals surface area (Å²) in [5.41, 5.74) is 7.29. The molecule has 0 bridgehead atoms. The lowest BCUT2D eigenvalue weighted by atomic mass is 9.80. The van der Waals surface area contributed by atoms with E-state index in [4.69, 9.17) is 0 Å². The van der Waals surface area contributed by atoms with Gasteiger partial charge in [0.25, 0.3) is 18.2 Å². The van der Waals surface area contributed by atoms with E-state index in [9.17, 15) is 23.2 Å². The number of carbonyl (C=O) groups excluding carboxylic acids is 3. The number of rotatable bonds is 5. The Labute approximate surface area is 254 Å². The third kappa shape index (κ3) is 4.90. The molecule has 10 heteroatoms. The van der Waals surface area contributed by atoms with Crippen LogP contribution >= 0.6 is 0 Å². The van der Waals surface area contributed by atoms with Crippen molar-refractivity contribution in [3.8, 4) is 11.1 Å². The minimum absolute atomic E-state index is 0.00269. The molecule has 4 heterocycles. The highest BCUT2D eigenvalue weighted by Gasteiger charge is 2.36. The van der Waals surface area contributed by atoms with E-state index in [1.807, 2.05) is 11.0 Å². The number of hydrogen-bond donors (Lipinski definition) is 0. The minimum atomic E-state index is -2.65. The van der Waals surface area contributed by atoms with Crippen LogP contribution in [0.2, 0.25) is 0 Å². The number of carbonyl (C=O) groups is 3. The average Bonchev–Trinajstić information content (AvgIpc) is 3.74. The van der Waals surface area contributed by atoms with Gasteiger partial charge < -0.3 is 9.80 Å². The fourth-order valence-corrected chi connectivity index (χ4v) is 7.54. The number of aromatic nitrogens is 2. The lowest BCUT2D eigenvalue weighted by Gasteiger charge is -2.36. The molecule has 1 aliphatic carbocycles. The molecule has 1 saturated carbocycles. The van der Waals surface area contributed by atoms with Crippen LogP contribution in [0.15, 0.2) is 48.8 Å². The van der Waals surface area contributed by atoms with Gasteiger partial charge in [0.1, 0.15) is 0 Å². The zero-order valence-corrected chi connectivity index (χ0v) is 24.9. The maximum Gasteiger partial charge on any atom is 0.264 e. The number of nitrogens with zero attached hydrogens (tertiary/aromatic N) is 5. The molecule has 0 N–H and O–H groups in total. The summed E-state index contributed by atoms with van der Waals surface area (Å²) in [6.07, 6.45) is 8.22. The summed E-state index contributed by atoms with van der Waals surface area (Å²) < 4.78 is 30.7. The molecule has 8 nitrogen and oxygen atoms in total. The van der Waals surface area contributed by atoms with Gasteiger partial charge in [0, 0.05) is 86.1 Å². The number of alkyl halides is 2. The highest BCUT2D eigenvalue weighted by molar-refractivity contribution is 6.13. The predicted octanol–water partition coefficient (Wildman–Crippen LogP) is 5.92. The van der Waals surface area contributed by atoms with Gasteiger partial charge in [-0.25, -0.2) is 8.78 Å². The normalized spacial score (nSPS) is 21.4. The maximum absolute atomic E-state index is 14.5. The summed E-state index contributed by atoms with van der Waals surface area (Å²) in [6, 6.07) is 7.87. The number of imide groups is 1. The van der Waals surface area contributed by atoms with Crippen molar-refractivity contribution in [2.24, 2.45) is 7.05 Å². The van der Waals surface area contributed by atoms with Crippen LogP contribution in [0.1, 0.15) is 79.2 Å². The van der Waals surface area contributed by atoms with Gasteiger partial charge in [0.2, 0.25) is 5.91 Å². The zero-order chi connectivity index (χ0) is 30.7. The first-order valence-corrected chi connectivity index (χ1v) is 15.4. The van der Waals surface area contributed by atoms with E-state index in [2.05, 4.69) is 22.1 Å². The van der Waals surface area contributed by atoms with Gasteiger partial charge in [-0.1, -0.05) is 6.07 Å². The Morgan fingerprint density at radius 3 is 2.36 bits per heavy atom. The average molecular weight is 600 g/mol. The van der Waals surface area contributed by atoms with Crippen molar-refractivity contribution in [3.05, 3.63) is 76.6 Å². The summed E-state index contributed by atoms with van der Waals surface area (Å²) in [6.45, 7) is 3.28. The SMILES string of the molecule is CC(=O)N1Cc2cc(C3CCC(N4C(=O)C=CC4=O)CC3)cc(N3CCCc4cc(-c5cnn(C)c5)c(C(F)F)cc43)c2C1. The van der Waals surface area contributed by atoms with E-state index in [0.29, 0.717) is 30.8 Å². The topological polar surface area (TPSA) is 78.8 Å². The Morgan fingerprint density at radius 2 is 1.70 bits per heavy atom. The van der Waals surface area contributed by atoms with Crippen molar-refractivity contribution >= 4 is 29.1 Å². The van der Waals surface area contributed by atoms with E-state index < -0.39 is 6.43 Å². The van der Waals surface area contributed by atoms with Crippen molar-refractivity contribution in [3.63, 3.8) is 0 Å². The molecule has 4 aliphatic rings. The molecule has 44 heavy (non-hydrogen) atoms. The lowest BCUT2D eigenvalue weighted by molar-refractivity contribution is -0.140. The largest absolute Gasteiger partial charge is 0.341 e. The molecule has 3 aliphatic heterocycles. The van der Waals surface area contributed by atoms with E-state index in [-0.39, 0.29) is 35.2 Å². The second-order valence-corrected chi connectivity index (χ2v) is 12.5. The number of halogens is 2. The molecule has 0 radical (unpaired) electrons. The first kappa shape index (κ1) is 28.4. The van der Waals surface area contributed by atoms with Gasteiger partial charge in [0.15, 0.2) is 0 Å². The molecule has 1 fully saturated rings. The third-order valence-electron chi connectivity index (χ3n) is 9.78. The van der Waals surface area contributed by atoms with Gasteiger partial charge in [-0.3, -0.25) is 24.0 Å². The summed E-state index contributed by atoms with van der Waals surface area (Å²) in [7, 11) is 1.78. The monoisotopic (exact) mass is 599 g/mol. The fraction of sp³-hybridized carbons (Fsp3) is 0.412. The Balaban J connectivity index is 1.26. The highest BCUT2D eigenvalue weighted by Crippen LogP contribution is 2.46. The Morgan fingerprint density at radius 1 is 0.955 bits per heavy atom. The van der Waals surface area contributed by atoms with E-state index in [1.165, 1.54) is 17.1 Å². The number of hydrogen-bond acceptors (Lipinski definition) is 5. The first-order chi connectivity index (χ1) is 21.2. The second-order valence-electron chi connectivity index (χ2n) is 12.5. The van der Waals surface area contributed by atoms with Crippen LogP contribution in [-0.2, 0) is 40.9 Å². The first-order valence-electron chi connectivity index (χ1n) is 15.4. The van der Waals surface area contributed by atoms with Crippen LogP contribution in [0.25, 0.3) is 11.1 Å². The smallest absolute Gasteiger partial charge is 0.264 e. The second kappa shape index (κ2) is 11.0. The van der Waals surface area contributed by atoms with Crippen LogP contribution in [0.4, 0.5) is 20.2 Å². The van der Waals surface area contributed by atoms with Crippen LogP contribution < -0.4 is 4.90 Å². The van der Waals surface area contributed by atoms with Crippen molar-refractivity contribution in [2.75, 3.05) is 11.4 Å². The minimum Gasteiger partial charge on any atom is -0.341 e. The van der Waals surface area contributed by atoms with Crippen LogP contribution in [0.3, 0.4) is 0 Å². The zero-order valence-electron chi connectivity index (χ0n) is 24.9. The summed E-state index contributed by atoms with van der Waals surface area (Å²) in [5.74, 6) is -0.235. The number of anilines is 2. The van der Waals surface area contributed by atoms with Gasteiger partial charge in [0.05, 0.1) is 6.20 Å². The molecule has 7 rings (SSSR count). The molecule has 3 amide bonds. The number of aryl methyl sites for hydroxylation is 2. The van der Waals surface area contributed by atoms with E-state index in [0.717, 1.165) is 72.2 Å². The van der Waals surface area contributed by atoms with Crippen molar-refractivity contribution in [2.45, 2.75) is 76.9 Å². The molecular formula is C34H35F2N5O3. The number of amides is 3. The molecule has 0 unspecified atom stereocenters. The molecule has 1 aromatic heterocycles. The van der Waals surface area contributed by atoms with Crippen LogP contribution in [0.5, 0.6) is 0 Å². The Bertz CT molecular complexity index is 1690. The number of fused-ring (bicyclic) bond motifs is 2. The summed E-state index contributed by atoms with van der Waals surface area (Å²) in [4.78, 5) is 42.4. The van der Waals surface area contributed by atoms with Crippen molar-refractivity contribution in [1.29, 1.82) is 0 Å². The summed E-state index contributed by atoms with van der Waals surface area (Å²) >= 11 is 0. The van der Waals surface area contributed by atoms with E-state index >= 15 is 0 Å². The standard InChI is InChI=1S/C34H35F2N5O3/c1-20(42)39-18-24-12-23(21-5-7-26(8-6-21)41-32(43)9-10-33(41)44)14-31(29(24)19-39)40-11-3-4-22-13-27(25-16-37-38(2)17-25)28(34(35)36)15-30(22)40/h9-10,12-17,21,26,34H,3-8,11,18-19H2,1-2H3. The third-order valence-corrected chi connectivity index (χ3v) is 9.78. The van der Waals surface area contributed by atoms with Gasteiger partial charge in [-0.15, -0.1) is 0 Å². The molecule has 228 valence electrons. The van der Waals surface area contributed by atoms with Crippen LogP contribution in [0, 0.1) is 0 Å². The maximum atomic E-state index is 14.5. The fourth-order valence-electron chi connectivity index (χ4n) is 7.54. The molecule has 0 spiro atoms. The molecule has 3 aromatic rings.